The molecule has 4 atom stereocenters. The van der Waals surface area contributed by atoms with Gasteiger partial charge in [-0.2, -0.15) is 0 Å². The normalized spacial score (nSPS) is 35.2. The number of nitrogens with zero attached hydrogens (tertiary/aromatic N) is 1. The second-order valence-corrected chi connectivity index (χ2v) is 5.58. The average molecular weight is 229 g/mol. The van der Waals surface area contributed by atoms with Crippen molar-refractivity contribution in [3.05, 3.63) is 0 Å². The maximum Gasteiger partial charge on any atom is 0.0526 e. The van der Waals surface area contributed by atoms with E-state index in [1.165, 1.54) is 0 Å². The standard InChI is InChI=1S/C12H27N3O/c1-9(5-11(3)16)14-12(7-13)6-10(2)15(4)8-12/h9-11,14,16H,5-8,13H2,1-4H3. The van der Waals surface area contributed by atoms with Crippen LogP contribution in [-0.2, 0) is 0 Å². The molecule has 1 rings (SSSR count). The van der Waals surface area contributed by atoms with Gasteiger partial charge in [0.1, 0.15) is 0 Å². The maximum atomic E-state index is 9.38. The summed E-state index contributed by atoms with van der Waals surface area (Å²) in [4.78, 5) is 2.34. The van der Waals surface area contributed by atoms with E-state index in [1.54, 1.807) is 0 Å². The lowest BCUT2D eigenvalue weighted by Crippen LogP contribution is -2.56. The van der Waals surface area contributed by atoms with Crippen molar-refractivity contribution in [1.82, 2.24) is 10.2 Å². The third kappa shape index (κ3) is 3.42. The lowest BCUT2D eigenvalue weighted by atomic mass is 9.94. The lowest BCUT2D eigenvalue weighted by Gasteiger charge is -2.33. The van der Waals surface area contributed by atoms with Crippen molar-refractivity contribution < 1.29 is 5.11 Å². The highest BCUT2D eigenvalue weighted by atomic mass is 16.3. The van der Waals surface area contributed by atoms with Gasteiger partial charge in [0.05, 0.1) is 6.10 Å². The minimum Gasteiger partial charge on any atom is -0.393 e. The first-order valence-electron chi connectivity index (χ1n) is 6.24. The monoisotopic (exact) mass is 229 g/mol. The summed E-state index contributed by atoms with van der Waals surface area (Å²) in [5.41, 5.74) is 5.95. The van der Waals surface area contributed by atoms with Crippen molar-refractivity contribution in [3.63, 3.8) is 0 Å². The number of aliphatic hydroxyl groups excluding tert-OH is 1. The fourth-order valence-electron chi connectivity index (χ4n) is 2.82. The SMILES string of the molecule is CC(O)CC(C)NC1(CN)CC(C)N(C)C1. The Bertz CT molecular complexity index is 210. The first kappa shape index (κ1) is 13.9. The topological polar surface area (TPSA) is 61.5 Å². The van der Waals surface area contributed by atoms with Gasteiger partial charge in [-0.15, -0.1) is 0 Å². The molecule has 0 aromatic heterocycles. The zero-order chi connectivity index (χ0) is 12.3. The molecule has 0 amide bonds. The number of rotatable bonds is 5. The van der Waals surface area contributed by atoms with Gasteiger partial charge in [-0.25, -0.2) is 0 Å². The number of likely N-dealkylation sites (N-methyl/N-ethyl adjacent to an activating group) is 1. The molecule has 4 unspecified atom stereocenters. The van der Waals surface area contributed by atoms with Crippen LogP contribution in [0.15, 0.2) is 0 Å². The Kier molecular flexibility index (Phi) is 4.73. The number of hydrogen-bond acceptors (Lipinski definition) is 4. The van der Waals surface area contributed by atoms with E-state index >= 15 is 0 Å². The van der Waals surface area contributed by atoms with Crippen LogP contribution in [-0.4, -0.2) is 53.9 Å². The number of likely N-dealkylation sites (tertiary alicyclic amines) is 1. The molecule has 0 aromatic rings. The summed E-state index contributed by atoms with van der Waals surface area (Å²) in [6.07, 6.45) is 1.61. The van der Waals surface area contributed by atoms with Crippen LogP contribution in [0.2, 0.25) is 0 Å². The Morgan fingerprint density at radius 3 is 2.56 bits per heavy atom. The van der Waals surface area contributed by atoms with E-state index in [2.05, 4.69) is 31.1 Å². The van der Waals surface area contributed by atoms with E-state index in [0.29, 0.717) is 18.6 Å². The molecule has 1 aliphatic rings. The molecule has 4 nitrogen and oxygen atoms in total. The van der Waals surface area contributed by atoms with Gasteiger partial charge in [0.15, 0.2) is 0 Å². The second kappa shape index (κ2) is 5.45. The summed E-state index contributed by atoms with van der Waals surface area (Å²) < 4.78 is 0. The fraction of sp³-hybridized carbons (Fsp3) is 1.00. The number of nitrogens with one attached hydrogen (secondary N) is 1. The molecule has 16 heavy (non-hydrogen) atoms. The highest BCUT2D eigenvalue weighted by molar-refractivity contribution is 5.01. The summed E-state index contributed by atoms with van der Waals surface area (Å²) in [6, 6.07) is 0.886. The molecule has 96 valence electrons. The number of nitrogens with two attached hydrogens (primary N) is 1. The number of hydrogen-bond donors (Lipinski definition) is 3. The van der Waals surface area contributed by atoms with Crippen LogP contribution < -0.4 is 11.1 Å². The van der Waals surface area contributed by atoms with E-state index in [0.717, 1.165) is 19.4 Å². The molecular formula is C12H27N3O. The largest absolute Gasteiger partial charge is 0.393 e. The molecule has 0 radical (unpaired) electrons. The van der Waals surface area contributed by atoms with Crippen LogP contribution in [0.5, 0.6) is 0 Å². The predicted molar refractivity (Wildman–Crippen MR) is 67.4 cm³/mol. The van der Waals surface area contributed by atoms with Crippen LogP contribution in [0.1, 0.15) is 33.6 Å². The van der Waals surface area contributed by atoms with E-state index in [-0.39, 0.29) is 11.6 Å². The minimum atomic E-state index is -0.256. The average Bonchev–Trinajstić information content (AvgIpc) is 2.41. The van der Waals surface area contributed by atoms with Crippen molar-refractivity contribution >= 4 is 0 Å². The molecular weight excluding hydrogens is 202 g/mol. The van der Waals surface area contributed by atoms with Crippen LogP contribution >= 0.6 is 0 Å². The Morgan fingerprint density at radius 2 is 2.19 bits per heavy atom. The molecule has 1 fully saturated rings. The molecule has 4 N–H and O–H groups in total. The summed E-state index contributed by atoms with van der Waals surface area (Å²) in [6.45, 7) is 7.84. The number of aliphatic hydroxyl groups is 1. The van der Waals surface area contributed by atoms with Crippen molar-refractivity contribution in [2.75, 3.05) is 20.1 Å². The summed E-state index contributed by atoms with van der Waals surface area (Å²) in [5, 5.41) is 13.0. The van der Waals surface area contributed by atoms with Crippen molar-refractivity contribution in [1.29, 1.82) is 0 Å². The van der Waals surface area contributed by atoms with Gasteiger partial charge >= 0.3 is 0 Å². The van der Waals surface area contributed by atoms with Crippen molar-refractivity contribution in [2.24, 2.45) is 5.73 Å². The smallest absolute Gasteiger partial charge is 0.0526 e. The Morgan fingerprint density at radius 1 is 1.56 bits per heavy atom. The molecule has 0 bridgehead atoms. The summed E-state index contributed by atoms with van der Waals surface area (Å²) in [7, 11) is 2.14. The van der Waals surface area contributed by atoms with Gasteiger partial charge in [0.2, 0.25) is 0 Å². The molecule has 0 spiro atoms. The van der Waals surface area contributed by atoms with Crippen LogP contribution in [0, 0.1) is 0 Å². The molecule has 1 aliphatic heterocycles. The van der Waals surface area contributed by atoms with E-state index in [1.807, 2.05) is 6.92 Å². The first-order valence-corrected chi connectivity index (χ1v) is 6.24. The Hall–Kier alpha value is -0.160. The van der Waals surface area contributed by atoms with Gasteiger partial charge in [-0.05, 0) is 40.7 Å². The fourth-order valence-corrected chi connectivity index (χ4v) is 2.82. The van der Waals surface area contributed by atoms with Crippen LogP contribution in [0.25, 0.3) is 0 Å². The lowest BCUT2D eigenvalue weighted by molar-refractivity contribution is 0.159. The zero-order valence-electron chi connectivity index (χ0n) is 11.0. The molecule has 1 heterocycles. The summed E-state index contributed by atoms with van der Waals surface area (Å²) in [5.74, 6) is 0. The van der Waals surface area contributed by atoms with Crippen LogP contribution in [0.3, 0.4) is 0 Å². The molecule has 0 aromatic carbocycles. The molecule has 4 heteroatoms. The Labute approximate surface area is 99.2 Å². The van der Waals surface area contributed by atoms with Gasteiger partial charge in [-0.3, -0.25) is 0 Å². The molecule has 1 saturated heterocycles. The maximum absolute atomic E-state index is 9.38. The highest BCUT2D eigenvalue weighted by Gasteiger charge is 2.40. The van der Waals surface area contributed by atoms with E-state index in [4.69, 9.17) is 5.73 Å². The predicted octanol–water partition coefficient (Wildman–Crippen LogP) is 0.157. The Balaban J connectivity index is 2.55. The van der Waals surface area contributed by atoms with Crippen molar-refractivity contribution in [2.45, 2.75) is 57.3 Å². The third-order valence-corrected chi connectivity index (χ3v) is 3.63. The minimum absolute atomic E-state index is 0.0302. The van der Waals surface area contributed by atoms with Gasteiger partial charge < -0.3 is 21.1 Å². The highest BCUT2D eigenvalue weighted by Crippen LogP contribution is 2.25. The zero-order valence-corrected chi connectivity index (χ0v) is 11.0. The second-order valence-electron chi connectivity index (χ2n) is 5.58. The van der Waals surface area contributed by atoms with Crippen molar-refractivity contribution in [3.8, 4) is 0 Å². The van der Waals surface area contributed by atoms with E-state index < -0.39 is 0 Å². The summed E-state index contributed by atoms with van der Waals surface area (Å²) >= 11 is 0. The first-order chi connectivity index (χ1) is 7.38. The molecule has 0 saturated carbocycles. The van der Waals surface area contributed by atoms with Gasteiger partial charge in [0, 0.05) is 30.7 Å². The quantitative estimate of drug-likeness (QED) is 0.628. The van der Waals surface area contributed by atoms with E-state index in [9.17, 15) is 5.11 Å². The van der Waals surface area contributed by atoms with Crippen LogP contribution in [0.4, 0.5) is 0 Å². The molecule has 0 aliphatic carbocycles. The van der Waals surface area contributed by atoms with Gasteiger partial charge in [0.25, 0.3) is 0 Å². The van der Waals surface area contributed by atoms with Gasteiger partial charge in [-0.1, -0.05) is 0 Å². The third-order valence-electron chi connectivity index (χ3n) is 3.63.